The molecular formula is C23H30N6O3. The number of amides is 2. The second-order valence-electron chi connectivity index (χ2n) is 8.23. The molecule has 2 fully saturated rings. The number of likely N-dealkylation sites (tertiary alicyclic amines) is 1. The Morgan fingerprint density at radius 3 is 2.66 bits per heavy atom. The van der Waals surface area contributed by atoms with Gasteiger partial charge in [0.25, 0.3) is 5.91 Å². The number of morpholine rings is 1. The molecule has 9 heteroatoms. The molecule has 2 aromatic heterocycles. The minimum atomic E-state index is -0.211. The molecule has 0 spiro atoms. The average molecular weight is 439 g/mol. The number of aryl methyl sites for hydroxylation is 1. The Balaban J connectivity index is 1.26. The summed E-state index contributed by atoms with van der Waals surface area (Å²) in [6.45, 7) is 6.84. The fraction of sp³-hybridized carbons (Fsp3) is 0.522. The largest absolute Gasteiger partial charge is 0.378 e. The van der Waals surface area contributed by atoms with E-state index in [0.717, 1.165) is 56.5 Å². The lowest BCUT2D eigenvalue weighted by Crippen LogP contribution is -2.40. The van der Waals surface area contributed by atoms with Crippen molar-refractivity contribution in [3.63, 3.8) is 0 Å². The highest BCUT2D eigenvalue weighted by Crippen LogP contribution is 2.28. The summed E-state index contributed by atoms with van der Waals surface area (Å²) in [4.78, 5) is 42.3. The van der Waals surface area contributed by atoms with Crippen LogP contribution in [0.5, 0.6) is 0 Å². The summed E-state index contributed by atoms with van der Waals surface area (Å²) >= 11 is 0. The zero-order valence-electron chi connectivity index (χ0n) is 18.5. The standard InChI is InChI=1S/C23H30N6O3/c1-17-15-20(28-11-13-32-14-12-28)27-22(26-17)18-5-9-29(10-6-18)21(30)4-8-25-23(31)19-3-2-7-24-16-19/h2-3,7,15-16,18H,4-6,8-14H2,1H3,(H,25,31). The van der Waals surface area contributed by atoms with Gasteiger partial charge in [0.05, 0.1) is 18.8 Å². The number of ether oxygens (including phenoxy) is 1. The van der Waals surface area contributed by atoms with Gasteiger partial charge in [-0.2, -0.15) is 0 Å². The maximum absolute atomic E-state index is 12.6. The molecule has 2 aliphatic heterocycles. The van der Waals surface area contributed by atoms with Crippen molar-refractivity contribution in [1.82, 2.24) is 25.2 Å². The zero-order chi connectivity index (χ0) is 22.3. The van der Waals surface area contributed by atoms with E-state index in [1.54, 1.807) is 18.3 Å². The quantitative estimate of drug-likeness (QED) is 0.730. The molecule has 9 nitrogen and oxygen atoms in total. The normalized spacial score (nSPS) is 17.3. The summed E-state index contributed by atoms with van der Waals surface area (Å²) in [7, 11) is 0. The van der Waals surface area contributed by atoms with Gasteiger partial charge in [0.1, 0.15) is 11.6 Å². The van der Waals surface area contributed by atoms with E-state index < -0.39 is 0 Å². The zero-order valence-corrected chi connectivity index (χ0v) is 18.5. The van der Waals surface area contributed by atoms with Crippen LogP contribution in [0.25, 0.3) is 0 Å². The van der Waals surface area contributed by atoms with Gasteiger partial charge in [-0.1, -0.05) is 0 Å². The molecule has 0 atom stereocenters. The van der Waals surface area contributed by atoms with Crippen LogP contribution in [0.15, 0.2) is 30.6 Å². The summed E-state index contributed by atoms with van der Waals surface area (Å²) in [5.41, 5.74) is 1.47. The van der Waals surface area contributed by atoms with Crippen LogP contribution in [-0.4, -0.2) is 77.6 Å². The minimum absolute atomic E-state index is 0.0640. The number of anilines is 1. The van der Waals surface area contributed by atoms with Crippen molar-refractivity contribution >= 4 is 17.6 Å². The number of hydrogen-bond donors (Lipinski definition) is 1. The maximum Gasteiger partial charge on any atom is 0.252 e. The highest BCUT2D eigenvalue weighted by atomic mass is 16.5. The lowest BCUT2D eigenvalue weighted by atomic mass is 9.95. The van der Waals surface area contributed by atoms with Crippen molar-refractivity contribution < 1.29 is 14.3 Å². The second kappa shape index (κ2) is 10.5. The number of aromatic nitrogens is 3. The molecule has 0 saturated carbocycles. The van der Waals surface area contributed by atoms with Crippen molar-refractivity contribution in [2.75, 3.05) is 50.8 Å². The van der Waals surface area contributed by atoms with E-state index in [4.69, 9.17) is 14.7 Å². The molecule has 2 aliphatic rings. The lowest BCUT2D eigenvalue weighted by Gasteiger charge is -2.32. The predicted octanol–water partition coefficient (Wildman–Crippen LogP) is 1.54. The van der Waals surface area contributed by atoms with E-state index in [-0.39, 0.29) is 17.7 Å². The van der Waals surface area contributed by atoms with Crippen molar-refractivity contribution in [3.05, 3.63) is 47.7 Å². The third-order valence-electron chi connectivity index (χ3n) is 5.95. The van der Waals surface area contributed by atoms with Gasteiger partial charge in [0.2, 0.25) is 5.91 Å². The molecule has 0 aromatic carbocycles. The molecule has 0 aliphatic carbocycles. The average Bonchev–Trinajstić information content (AvgIpc) is 2.84. The number of piperidine rings is 1. The summed E-state index contributed by atoms with van der Waals surface area (Å²) in [5.74, 6) is 1.95. The van der Waals surface area contributed by atoms with Gasteiger partial charge >= 0.3 is 0 Å². The maximum atomic E-state index is 12.6. The van der Waals surface area contributed by atoms with Gasteiger partial charge in [-0.25, -0.2) is 9.97 Å². The number of nitrogens with one attached hydrogen (secondary N) is 1. The highest BCUT2D eigenvalue weighted by molar-refractivity contribution is 5.94. The van der Waals surface area contributed by atoms with Crippen LogP contribution in [0.4, 0.5) is 5.82 Å². The fourth-order valence-electron chi connectivity index (χ4n) is 4.14. The first-order valence-electron chi connectivity index (χ1n) is 11.2. The highest BCUT2D eigenvalue weighted by Gasteiger charge is 2.26. The van der Waals surface area contributed by atoms with Crippen molar-refractivity contribution in [2.45, 2.75) is 32.1 Å². The number of carbonyl (C=O) groups excluding carboxylic acids is 2. The first-order chi connectivity index (χ1) is 15.6. The van der Waals surface area contributed by atoms with E-state index in [0.29, 0.717) is 31.6 Å². The predicted molar refractivity (Wildman–Crippen MR) is 120 cm³/mol. The first kappa shape index (κ1) is 22.1. The molecule has 2 aromatic rings. The number of nitrogens with zero attached hydrogens (tertiary/aromatic N) is 5. The van der Waals surface area contributed by atoms with Crippen LogP contribution in [-0.2, 0) is 9.53 Å². The van der Waals surface area contributed by atoms with E-state index in [1.807, 2.05) is 17.9 Å². The second-order valence-corrected chi connectivity index (χ2v) is 8.23. The molecule has 0 unspecified atom stereocenters. The van der Waals surface area contributed by atoms with Crippen LogP contribution in [0, 0.1) is 6.92 Å². The topological polar surface area (TPSA) is 101 Å². The summed E-state index contributed by atoms with van der Waals surface area (Å²) < 4.78 is 5.45. The third-order valence-corrected chi connectivity index (χ3v) is 5.95. The lowest BCUT2D eigenvalue weighted by molar-refractivity contribution is -0.132. The number of carbonyl (C=O) groups is 2. The minimum Gasteiger partial charge on any atom is -0.378 e. The van der Waals surface area contributed by atoms with Crippen LogP contribution >= 0.6 is 0 Å². The Morgan fingerprint density at radius 2 is 1.94 bits per heavy atom. The van der Waals surface area contributed by atoms with Crippen molar-refractivity contribution in [1.29, 1.82) is 0 Å². The van der Waals surface area contributed by atoms with Crippen LogP contribution in [0.1, 0.15) is 47.1 Å². The van der Waals surface area contributed by atoms with E-state index in [1.165, 1.54) is 6.20 Å². The molecule has 32 heavy (non-hydrogen) atoms. The number of hydrogen-bond acceptors (Lipinski definition) is 7. The Hall–Kier alpha value is -3.07. The first-order valence-corrected chi connectivity index (χ1v) is 11.2. The van der Waals surface area contributed by atoms with Crippen LogP contribution in [0.3, 0.4) is 0 Å². The molecule has 4 rings (SSSR count). The van der Waals surface area contributed by atoms with E-state index in [2.05, 4.69) is 15.2 Å². The van der Waals surface area contributed by atoms with Gasteiger partial charge in [-0.05, 0) is 31.9 Å². The monoisotopic (exact) mass is 438 g/mol. The van der Waals surface area contributed by atoms with Crippen LogP contribution < -0.4 is 10.2 Å². The third kappa shape index (κ3) is 5.59. The molecule has 0 radical (unpaired) electrons. The Bertz CT molecular complexity index is 925. The molecule has 4 heterocycles. The van der Waals surface area contributed by atoms with Gasteiger partial charge in [-0.3, -0.25) is 14.6 Å². The summed E-state index contributed by atoms with van der Waals surface area (Å²) in [5, 5.41) is 2.79. The number of pyridine rings is 1. The van der Waals surface area contributed by atoms with Gasteiger partial charge in [-0.15, -0.1) is 0 Å². The summed E-state index contributed by atoms with van der Waals surface area (Å²) in [6.07, 6.45) is 5.12. The SMILES string of the molecule is Cc1cc(N2CCOCC2)nc(C2CCN(C(=O)CCNC(=O)c3cccnc3)CC2)n1. The molecule has 0 bridgehead atoms. The summed E-state index contributed by atoms with van der Waals surface area (Å²) in [6, 6.07) is 5.45. The molecule has 2 amide bonds. The van der Waals surface area contributed by atoms with E-state index in [9.17, 15) is 9.59 Å². The molecule has 2 saturated heterocycles. The van der Waals surface area contributed by atoms with Gasteiger partial charge < -0.3 is 19.9 Å². The Morgan fingerprint density at radius 1 is 1.16 bits per heavy atom. The van der Waals surface area contributed by atoms with Crippen molar-refractivity contribution in [2.24, 2.45) is 0 Å². The number of rotatable bonds is 6. The van der Waals surface area contributed by atoms with Crippen LogP contribution in [0.2, 0.25) is 0 Å². The Labute approximate surface area is 188 Å². The van der Waals surface area contributed by atoms with Crippen molar-refractivity contribution in [3.8, 4) is 0 Å². The Kier molecular flexibility index (Phi) is 7.26. The fourth-order valence-corrected chi connectivity index (χ4v) is 4.14. The van der Waals surface area contributed by atoms with Gasteiger partial charge in [0.15, 0.2) is 0 Å². The smallest absolute Gasteiger partial charge is 0.252 e. The molecule has 1 N–H and O–H groups in total. The molecule has 170 valence electrons. The molecular weight excluding hydrogens is 408 g/mol. The van der Waals surface area contributed by atoms with Gasteiger partial charge in [0, 0.05) is 69.2 Å². The van der Waals surface area contributed by atoms with E-state index >= 15 is 0 Å².